The molecule has 1 aromatic heterocycles. The lowest BCUT2D eigenvalue weighted by molar-refractivity contribution is -0.130. The number of carbonyl (C=O) groups is 1. The summed E-state index contributed by atoms with van der Waals surface area (Å²) in [5.41, 5.74) is 2.90. The van der Waals surface area contributed by atoms with Crippen LogP contribution in [0.1, 0.15) is 30.7 Å². The first-order valence-corrected chi connectivity index (χ1v) is 11.0. The number of nitrogens with zero attached hydrogens (tertiary/aromatic N) is 4. The first-order chi connectivity index (χ1) is 15.7. The highest BCUT2D eigenvalue weighted by molar-refractivity contribution is 5.81. The monoisotopic (exact) mass is 434 g/mol. The molecule has 1 fully saturated rings. The Bertz CT molecular complexity index is 1090. The second-order valence-electron chi connectivity index (χ2n) is 8.21. The number of carbonyl (C=O) groups excluding carboxylic acids is 1. The molecule has 0 unspecified atom stereocenters. The molecule has 1 saturated heterocycles. The average Bonchev–Trinajstić information content (AvgIpc) is 3.48. The van der Waals surface area contributed by atoms with Gasteiger partial charge in [-0.15, -0.1) is 0 Å². The molecular weight excluding hydrogens is 408 g/mol. The number of anilines is 1. The van der Waals surface area contributed by atoms with Crippen molar-refractivity contribution >= 4 is 11.6 Å². The molecule has 0 spiro atoms. The molecule has 2 aromatic carbocycles. The van der Waals surface area contributed by atoms with Crippen LogP contribution in [-0.4, -0.2) is 47.4 Å². The number of amides is 1. The van der Waals surface area contributed by atoms with E-state index in [2.05, 4.69) is 10.1 Å². The molecule has 8 heteroatoms. The highest BCUT2D eigenvalue weighted by Crippen LogP contribution is 2.35. The largest absolute Gasteiger partial charge is 0.454 e. The van der Waals surface area contributed by atoms with E-state index in [0.717, 1.165) is 37.2 Å². The maximum absolute atomic E-state index is 13.0. The van der Waals surface area contributed by atoms with E-state index in [9.17, 15) is 4.79 Å². The van der Waals surface area contributed by atoms with Gasteiger partial charge in [0.05, 0.1) is 13.1 Å². The van der Waals surface area contributed by atoms with E-state index in [0.29, 0.717) is 29.8 Å². The van der Waals surface area contributed by atoms with Crippen LogP contribution in [-0.2, 0) is 11.3 Å². The molecule has 0 aliphatic carbocycles. The number of rotatable bonds is 6. The summed E-state index contributed by atoms with van der Waals surface area (Å²) in [6.07, 6.45) is 3.33. The zero-order valence-electron chi connectivity index (χ0n) is 18.1. The number of likely N-dealkylation sites (tertiary alicyclic amines) is 1. The smallest absolute Gasteiger partial charge is 0.246 e. The molecule has 8 nitrogen and oxygen atoms in total. The van der Waals surface area contributed by atoms with Gasteiger partial charge in [0, 0.05) is 24.3 Å². The summed E-state index contributed by atoms with van der Waals surface area (Å²) in [5, 5.41) is 4.14. The summed E-state index contributed by atoms with van der Waals surface area (Å²) < 4.78 is 16.3. The molecule has 2 aliphatic heterocycles. The highest BCUT2D eigenvalue weighted by Gasteiger charge is 2.22. The number of piperidine rings is 1. The molecule has 166 valence electrons. The van der Waals surface area contributed by atoms with Crippen molar-refractivity contribution in [2.45, 2.75) is 32.7 Å². The van der Waals surface area contributed by atoms with Crippen LogP contribution in [0.2, 0.25) is 0 Å². The Morgan fingerprint density at radius 3 is 2.62 bits per heavy atom. The van der Waals surface area contributed by atoms with E-state index in [1.54, 1.807) is 0 Å². The number of aromatic nitrogens is 2. The molecule has 0 saturated carbocycles. The number of hydrogen-bond acceptors (Lipinski definition) is 7. The van der Waals surface area contributed by atoms with Crippen LogP contribution in [0.25, 0.3) is 11.4 Å². The summed E-state index contributed by atoms with van der Waals surface area (Å²) in [4.78, 5) is 21.5. The molecule has 0 radical (unpaired) electrons. The van der Waals surface area contributed by atoms with Crippen LogP contribution in [0.3, 0.4) is 0 Å². The van der Waals surface area contributed by atoms with E-state index in [-0.39, 0.29) is 19.2 Å². The molecule has 0 bridgehead atoms. The Morgan fingerprint density at radius 2 is 1.81 bits per heavy atom. The molecule has 1 amide bonds. The first kappa shape index (κ1) is 20.4. The molecule has 5 rings (SSSR count). The first-order valence-electron chi connectivity index (χ1n) is 11.0. The van der Waals surface area contributed by atoms with Gasteiger partial charge in [-0.3, -0.25) is 4.79 Å². The standard InChI is InChI=1S/C24H26N4O4/c1-17-5-8-19(9-6-17)28(15-23(29)27-11-3-2-4-12-27)14-22-25-24(26-32-22)18-7-10-20-21(13-18)31-16-30-20/h5-10,13H,2-4,11-12,14-16H2,1H3. The van der Waals surface area contributed by atoms with Gasteiger partial charge in [-0.1, -0.05) is 22.9 Å². The zero-order chi connectivity index (χ0) is 21.9. The summed E-state index contributed by atoms with van der Waals surface area (Å²) in [6.45, 7) is 4.53. The fourth-order valence-electron chi connectivity index (χ4n) is 4.04. The van der Waals surface area contributed by atoms with Crippen molar-refractivity contribution in [2.24, 2.45) is 0 Å². The normalized spacial score (nSPS) is 15.1. The van der Waals surface area contributed by atoms with Gasteiger partial charge in [0.15, 0.2) is 11.5 Å². The van der Waals surface area contributed by atoms with Crippen molar-refractivity contribution in [3.8, 4) is 22.9 Å². The predicted molar refractivity (Wildman–Crippen MR) is 119 cm³/mol. The van der Waals surface area contributed by atoms with Gasteiger partial charge in [0.25, 0.3) is 0 Å². The maximum Gasteiger partial charge on any atom is 0.246 e. The lowest BCUT2D eigenvalue weighted by atomic mass is 10.1. The lowest BCUT2D eigenvalue weighted by Crippen LogP contribution is -2.42. The van der Waals surface area contributed by atoms with Crippen LogP contribution in [0.4, 0.5) is 5.69 Å². The van der Waals surface area contributed by atoms with Crippen LogP contribution < -0.4 is 14.4 Å². The Kier molecular flexibility index (Phi) is 5.66. The Balaban J connectivity index is 1.35. The van der Waals surface area contributed by atoms with Gasteiger partial charge in [0.2, 0.25) is 24.4 Å². The van der Waals surface area contributed by atoms with Crippen molar-refractivity contribution in [3.05, 3.63) is 53.9 Å². The Labute approximate surface area is 186 Å². The number of fused-ring (bicyclic) bond motifs is 1. The molecule has 0 atom stereocenters. The summed E-state index contributed by atoms with van der Waals surface area (Å²) in [5.74, 6) is 2.43. The van der Waals surface area contributed by atoms with Crippen molar-refractivity contribution in [3.63, 3.8) is 0 Å². The molecular formula is C24H26N4O4. The van der Waals surface area contributed by atoms with E-state index in [4.69, 9.17) is 14.0 Å². The minimum atomic E-state index is 0.126. The fraction of sp³-hybridized carbons (Fsp3) is 0.375. The zero-order valence-corrected chi connectivity index (χ0v) is 18.1. The molecule has 0 N–H and O–H groups in total. The van der Waals surface area contributed by atoms with Gasteiger partial charge in [0.1, 0.15) is 0 Å². The summed E-state index contributed by atoms with van der Waals surface area (Å²) >= 11 is 0. The van der Waals surface area contributed by atoms with Crippen molar-refractivity contribution < 1.29 is 18.8 Å². The topological polar surface area (TPSA) is 80.9 Å². The third-order valence-electron chi connectivity index (χ3n) is 5.86. The van der Waals surface area contributed by atoms with Crippen molar-refractivity contribution in [1.82, 2.24) is 15.0 Å². The van der Waals surface area contributed by atoms with E-state index in [1.807, 2.05) is 59.2 Å². The van der Waals surface area contributed by atoms with Crippen molar-refractivity contribution in [1.29, 1.82) is 0 Å². The quantitative estimate of drug-likeness (QED) is 0.584. The van der Waals surface area contributed by atoms with Gasteiger partial charge in [-0.05, 0) is 56.5 Å². The second-order valence-corrected chi connectivity index (χ2v) is 8.21. The SMILES string of the molecule is Cc1ccc(N(CC(=O)N2CCCCC2)Cc2nc(-c3ccc4c(c3)OCO4)no2)cc1. The third-order valence-corrected chi connectivity index (χ3v) is 5.86. The van der Waals surface area contributed by atoms with E-state index < -0.39 is 0 Å². The van der Waals surface area contributed by atoms with Gasteiger partial charge in [-0.2, -0.15) is 4.98 Å². The predicted octanol–water partition coefficient (Wildman–Crippen LogP) is 3.79. The Hall–Kier alpha value is -3.55. The molecule has 32 heavy (non-hydrogen) atoms. The van der Waals surface area contributed by atoms with Crippen LogP contribution in [0.15, 0.2) is 47.0 Å². The average molecular weight is 434 g/mol. The number of aryl methyl sites for hydroxylation is 1. The second kappa shape index (κ2) is 8.90. The van der Waals surface area contributed by atoms with Gasteiger partial charge < -0.3 is 23.8 Å². The van der Waals surface area contributed by atoms with Crippen LogP contribution >= 0.6 is 0 Å². The van der Waals surface area contributed by atoms with Crippen molar-refractivity contribution in [2.75, 3.05) is 31.3 Å². The fourth-order valence-corrected chi connectivity index (χ4v) is 4.04. The summed E-state index contributed by atoms with van der Waals surface area (Å²) in [7, 11) is 0. The lowest BCUT2D eigenvalue weighted by Gasteiger charge is -2.30. The molecule has 2 aliphatic rings. The highest BCUT2D eigenvalue weighted by atomic mass is 16.7. The number of benzene rings is 2. The molecule has 3 heterocycles. The van der Waals surface area contributed by atoms with Crippen LogP contribution in [0, 0.1) is 6.92 Å². The minimum Gasteiger partial charge on any atom is -0.454 e. The van der Waals surface area contributed by atoms with E-state index in [1.165, 1.54) is 12.0 Å². The molecule has 3 aromatic rings. The maximum atomic E-state index is 13.0. The van der Waals surface area contributed by atoms with Crippen LogP contribution in [0.5, 0.6) is 11.5 Å². The third kappa shape index (κ3) is 4.39. The van der Waals surface area contributed by atoms with Gasteiger partial charge in [-0.25, -0.2) is 0 Å². The summed E-state index contributed by atoms with van der Waals surface area (Å²) in [6, 6.07) is 13.7. The van der Waals surface area contributed by atoms with E-state index >= 15 is 0 Å². The Morgan fingerprint density at radius 1 is 1.03 bits per heavy atom. The number of ether oxygens (including phenoxy) is 2. The van der Waals surface area contributed by atoms with Gasteiger partial charge >= 0.3 is 0 Å². The number of hydrogen-bond donors (Lipinski definition) is 0. The minimum absolute atomic E-state index is 0.126.